The van der Waals surface area contributed by atoms with Crippen molar-refractivity contribution in [2.75, 3.05) is 13.1 Å². The van der Waals surface area contributed by atoms with Crippen molar-refractivity contribution in [1.82, 2.24) is 9.88 Å². The van der Waals surface area contributed by atoms with E-state index in [9.17, 15) is 9.90 Å². The molecule has 1 aliphatic rings. The molecule has 1 fully saturated rings. The molecule has 1 atom stereocenters. The molecule has 27 heavy (non-hydrogen) atoms. The second-order valence-corrected chi connectivity index (χ2v) is 7.16. The summed E-state index contributed by atoms with van der Waals surface area (Å²) in [5.74, 6) is 5.86. The second-order valence-electron chi connectivity index (χ2n) is 7.16. The highest BCUT2D eigenvalue weighted by atomic mass is 16.5. The minimum absolute atomic E-state index is 0.00711. The van der Waals surface area contributed by atoms with E-state index in [0.29, 0.717) is 25.5 Å². The topological polar surface area (TPSA) is 75.8 Å². The number of nitrogens with zero attached hydrogens (tertiary/aromatic N) is 2. The number of piperidine rings is 1. The van der Waals surface area contributed by atoms with Crippen LogP contribution in [0.2, 0.25) is 0 Å². The summed E-state index contributed by atoms with van der Waals surface area (Å²) in [7, 11) is 0. The first-order valence-corrected chi connectivity index (χ1v) is 9.06. The Morgan fingerprint density at radius 2 is 2.30 bits per heavy atom. The van der Waals surface area contributed by atoms with Gasteiger partial charge in [-0.3, -0.25) is 9.78 Å². The lowest BCUT2D eigenvalue weighted by molar-refractivity contribution is -0.00762. The van der Waals surface area contributed by atoms with E-state index in [1.54, 1.807) is 43.3 Å². The number of amides is 1. The summed E-state index contributed by atoms with van der Waals surface area (Å²) in [6.45, 7) is 4.88. The van der Waals surface area contributed by atoms with Crippen LogP contribution < -0.4 is 0 Å². The minimum atomic E-state index is -1.11. The van der Waals surface area contributed by atoms with Gasteiger partial charge in [-0.25, -0.2) is 0 Å². The molecule has 0 unspecified atom stereocenters. The number of pyridine rings is 1. The number of carbonyl (C=O) groups excluding carboxylic acids is 1. The number of likely N-dealkylation sites (tertiary alicyclic amines) is 1. The third kappa shape index (κ3) is 5.68. The van der Waals surface area contributed by atoms with Gasteiger partial charge in [0.15, 0.2) is 11.5 Å². The van der Waals surface area contributed by atoms with Gasteiger partial charge in [0.1, 0.15) is 5.60 Å². The number of aromatic nitrogens is 1. The van der Waals surface area contributed by atoms with Crippen molar-refractivity contribution in [2.24, 2.45) is 0 Å². The summed E-state index contributed by atoms with van der Waals surface area (Å²) in [5, 5.41) is 9.65. The molecule has 1 amide bonds. The third-order valence-electron chi connectivity index (χ3n) is 4.18. The van der Waals surface area contributed by atoms with Gasteiger partial charge in [0.25, 0.3) is 5.91 Å². The molecule has 142 valence electrons. The molecule has 1 saturated heterocycles. The van der Waals surface area contributed by atoms with E-state index in [-0.39, 0.29) is 17.8 Å². The van der Waals surface area contributed by atoms with Crippen molar-refractivity contribution in [3.8, 4) is 11.8 Å². The van der Waals surface area contributed by atoms with Crippen molar-refractivity contribution in [3.05, 3.63) is 53.7 Å². The van der Waals surface area contributed by atoms with Crippen LogP contribution in [0.1, 0.15) is 48.6 Å². The number of aliphatic hydroxyl groups is 1. The van der Waals surface area contributed by atoms with E-state index < -0.39 is 5.60 Å². The van der Waals surface area contributed by atoms with Gasteiger partial charge in [0.05, 0.1) is 12.7 Å². The molecular formula is C21H24N2O4. The fraction of sp³-hybridized carbons (Fsp3) is 0.429. The summed E-state index contributed by atoms with van der Waals surface area (Å²) in [5.41, 5.74) is -0.0927. The molecule has 0 bridgehead atoms. The zero-order valence-corrected chi connectivity index (χ0v) is 15.6. The van der Waals surface area contributed by atoms with Gasteiger partial charge in [-0.15, -0.1) is 0 Å². The van der Waals surface area contributed by atoms with Gasteiger partial charge in [0.2, 0.25) is 0 Å². The quantitative estimate of drug-likeness (QED) is 0.840. The monoisotopic (exact) mass is 368 g/mol. The van der Waals surface area contributed by atoms with Crippen LogP contribution in [0.5, 0.6) is 0 Å². The predicted octanol–water partition coefficient (Wildman–Crippen LogP) is 2.62. The summed E-state index contributed by atoms with van der Waals surface area (Å²) in [6.07, 6.45) is 5.31. The molecule has 0 radical (unpaired) electrons. The van der Waals surface area contributed by atoms with Crippen LogP contribution in [0.3, 0.4) is 0 Å². The SMILES string of the molecule is CC(C)(O)C#Cc1ccc(C(=O)N2CCC[C@@H](OCc3cccnc3)C2)o1. The number of carbonyl (C=O) groups is 1. The van der Waals surface area contributed by atoms with Gasteiger partial charge in [-0.2, -0.15) is 0 Å². The third-order valence-corrected chi connectivity index (χ3v) is 4.18. The molecule has 1 aliphatic heterocycles. The lowest BCUT2D eigenvalue weighted by Crippen LogP contribution is -2.43. The van der Waals surface area contributed by atoms with Crippen LogP contribution >= 0.6 is 0 Å². The highest BCUT2D eigenvalue weighted by Crippen LogP contribution is 2.18. The van der Waals surface area contributed by atoms with E-state index in [1.165, 1.54) is 0 Å². The number of ether oxygens (including phenoxy) is 1. The van der Waals surface area contributed by atoms with Gasteiger partial charge < -0.3 is 19.2 Å². The van der Waals surface area contributed by atoms with Gasteiger partial charge in [0, 0.05) is 25.5 Å². The van der Waals surface area contributed by atoms with Crippen LogP contribution in [0.4, 0.5) is 0 Å². The van der Waals surface area contributed by atoms with Crippen molar-refractivity contribution >= 4 is 5.91 Å². The largest absolute Gasteiger partial charge is 0.443 e. The smallest absolute Gasteiger partial charge is 0.289 e. The van der Waals surface area contributed by atoms with Gasteiger partial charge >= 0.3 is 0 Å². The Morgan fingerprint density at radius 3 is 3.04 bits per heavy atom. The molecule has 3 rings (SSSR count). The first kappa shape index (κ1) is 19.2. The summed E-state index contributed by atoms with van der Waals surface area (Å²) in [6, 6.07) is 7.12. The normalized spacial score (nSPS) is 17.3. The summed E-state index contributed by atoms with van der Waals surface area (Å²) >= 11 is 0. The van der Waals surface area contributed by atoms with Gasteiger partial charge in [-0.1, -0.05) is 12.0 Å². The zero-order valence-electron chi connectivity index (χ0n) is 15.6. The molecular weight excluding hydrogens is 344 g/mol. The number of hydrogen-bond donors (Lipinski definition) is 1. The minimum Gasteiger partial charge on any atom is -0.443 e. The highest BCUT2D eigenvalue weighted by Gasteiger charge is 2.26. The second kappa shape index (κ2) is 8.38. The standard InChI is InChI=1S/C21H24N2O4/c1-21(2,25)10-9-17-7-8-19(27-17)20(24)23-12-4-6-18(14-23)26-15-16-5-3-11-22-13-16/h3,5,7-8,11,13,18,25H,4,6,12,14-15H2,1-2H3/t18-/m1/s1. The molecule has 0 spiro atoms. The van der Waals surface area contributed by atoms with E-state index in [1.807, 2.05) is 12.1 Å². The van der Waals surface area contributed by atoms with E-state index in [0.717, 1.165) is 18.4 Å². The van der Waals surface area contributed by atoms with Crippen molar-refractivity contribution in [2.45, 2.75) is 45.0 Å². The maximum Gasteiger partial charge on any atom is 0.289 e. The summed E-state index contributed by atoms with van der Waals surface area (Å²) in [4.78, 5) is 18.5. The average Bonchev–Trinajstić information content (AvgIpc) is 3.14. The Labute approximate surface area is 159 Å². The molecule has 6 heteroatoms. The predicted molar refractivity (Wildman–Crippen MR) is 99.8 cm³/mol. The molecule has 0 aromatic carbocycles. The molecule has 3 heterocycles. The molecule has 1 N–H and O–H groups in total. The number of hydrogen-bond acceptors (Lipinski definition) is 5. The molecule has 0 saturated carbocycles. The van der Waals surface area contributed by atoms with Crippen molar-refractivity contribution in [1.29, 1.82) is 0 Å². The maximum atomic E-state index is 12.7. The Balaban J connectivity index is 1.58. The van der Waals surface area contributed by atoms with E-state index in [2.05, 4.69) is 16.8 Å². The average molecular weight is 368 g/mol. The van der Waals surface area contributed by atoms with Crippen LogP contribution in [0.15, 0.2) is 41.1 Å². The van der Waals surface area contributed by atoms with E-state index in [4.69, 9.17) is 9.15 Å². The van der Waals surface area contributed by atoms with Crippen LogP contribution in [-0.4, -0.2) is 45.7 Å². The maximum absolute atomic E-state index is 12.7. The Bertz CT molecular complexity index is 827. The fourth-order valence-corrected chi connectivity index (χ4v) is 2.85. The van der Waals surface area contributed by atoms with Gasteiger partial charge in [-0.05, 0) is 56.4 Å². The number of rotatable bonds is 4. The number of furan rings is 1. The van der Waals surface area contributed by atoms with Crippen molar-refractivity contribution in [3.63, 3.8) is 0 Å². The molecule has 2 aromatic heterocycles. The molecule has 0 aliphatic carbocycles. The van der Waals surface area contributed by atoms with Crippen molar-refractivity contribution < 1.29 is 19.1 Å². The lowest BCUT2D eigenvalue weighted by atomic mass is 10.1. The molecule has 2 aromatic rings. The first-order valence-electron chi connectivity index (χ1n) is 9.06. The first-order chi connectivity index (χ1) is 12.9. The zero-order chi connectivity index (χ0) is 19.3. The molecule has 6 nitrogen and oxygen atoms in total. The Kier molecular flexibility index (Phi) is 5.94. The fourth-order valence-electron chi connectivity index (χ4n) is 2.85. The highest BCUT2D eigenvalue weighted by molar-refractivity contribution is 5.91. The van der Waals surface area contributed by atoms with Crippen LogP contribution in [0.25, 0.3) is 0 Å². The van der Waals surface area contributed by atoms with E-state index >= 15 is 0 Å². The van der Waals surface area contributed by atoms with Crippen LogP contribution in [0, 0.1) is 11.8 Å². The Hall–Kier alpha value is -2.62. The lowest BCUT2D eigenvalue weighted by Gasteiger charge is -2.32. The summed E-state index contributed by atoms with van der Waals surface area (Å²) < 4.78 is 11.5. The van der Waals surface area contributed by atoms with Crippen LogP contribution in [-0.2, 0) is 11.3 Å². The Morgan fingerprint density at radius 1 is 1.44 bits per heavy atom.